The Balaban J connectivity index is 1.57. The number of pyridine rings is 1. The maximum Gasteiger partial charge on any atom is 0.322 e. The van der Waals surface area contributed by atoms with Gasteiger partial charge in [-0.1, -0.05) is 30.3 Å². The molecule has 1 atom stereocenters. The molecule has 1 aliphatic heterocycles. The molecule has 1 fully saturated rings. The number of anilines is 1. The average Bonchev–Trinajstić information content (AvgIpc) is 3.22. The van der Waals surface area contributed by atoms with E-state index in [9.17, 15) is 9.90 Å². The number of para-hydroxylation sites is 1. The number of fused-ring (bicyclic) bond motifs is 1. The second-order valence-electron chi connectivity index (χ2n) is 6.98. The predicted molar refractivity (Wildman–Crippen MR) is 108 cm³/mol. The van der Waals surface area contributed by atoms with Crippen LogP contribution in [0.2, 0.25) is 0 Å². The number of hydrogen-bond donors (Lipinski definition) is 2. The van der Waals surface area contributed by atoms with E-state index >= 15 is 0 Å². The van der Waals surface area contributed by atoms with Crippen LogP contribution in [-0.2, 0) is 11.3 Å². The molecule has 2 heterocycles. The largest absolute Gasteiger partial charge is 0.508 e. The van der Waals surface area contributed by atoms with E-state index in [1.54, 1.807) is 29.4 Å². The lowest BCUT2D eigenvalue weighted by atomic mass is 10.1. The SMILES string of the molecule is O=C(Nc1cccc2cnccc12)N(Cc1ccccc1O)C[C@@H]1CCCO1. The molecule has 1 aromatic heterocycles. The van der Waals surface area contributed by atoms with Gasteiger partial charge in [-0.05, 0) is 31.0 Å². The number of aromatic hydroxyl groups is 1. The zero-order chi connectivity index (χ0) is 19.3. The van der Waals surface area contributed by atoms with Gasteiger partial charge in [0.25, 0.3) is 0 Å². The van der Waals surface area contributed by atoms with Crippen molar-refractivity contribution in [2.75, 3.05) is 18.5 Å². The van der Waals surface area contributed by atoms with Gasteiger partial charge in [0.2, 0.25) is 0 Å². The molecule has 4 rings (SSSR count). The van der Waals surface area contributed by atoms with Crippen molar-refractivity contribution in [3.63, 3.8) is 0 Å². The Morgan fingerprint density at radius 3 is 2.93 bits per heavy atom. The summed E-state index contributed by atoms with van der Waals surface area (Å²) in [6, 6.07) is 14.5. The molecule has 6 nitrogen and oxygen atoms in total. The van der Waals surface area contributed by atoms with Crippen LogP contribution in [0.1, 0.15) is 18.4 Å². The summed E-state index contributed by atoms with van der Waals surface area (Å²) in [5.74, 6) is 0.184. The molecule has 0 radical (unpaired) electrons. The van der Waals surface area contributed by atoms with Gasteiger partial charge in [0.15, 0.2) is 0 Å². The minimum atomic E-state index is -0.219. The van der Waals surface area contributed by atoms with Gasteiger partial charge in [-0.3, -0.25) is 4.98 Å². The number of urea groups is 1. The van der Waals surface area contributed by atoms with Crippen LogP contribution >= 0.6 is 0 Å². The number of amides is 2. The molecule has 144 valence electrons. The summed E-state index contributed by atoms with van der Waals surface area (Å²) in [6.07, 6.45) is 5.45. The van der Waals surface area contributed by atoms with Crippen molar-refractivity contribution < 1.29 is 14.6 Å². The Morgan fingerprint density at radius 2 is 2.11 bits per heavy atom. The van der Waals surface area contributed by atoms with E-state index in [1.165, 1.54) is 0 Å². The molecule has 2 N–H and O–H groups in total. The van der Waals surface area contributed by atoms with Crippen LogP contribution in [0.5, 0.6) is 5.75 Å². The summed E-state index contributed by atoms with van der Waals surface area (Å²) >= 11 is 0. The summed E-state index contributed by atoms with van der Waals surface area (Å²) < 4.78 is 5.73. The molecule has 2 amide bonds. The first kappa shape index (κ1) is 18.3. The van der Waals surface area contributed by atoms with Crippen molar-refractivity contribution in [2.45, 2.75) is 25.5 Å². The topological polar surface area (TPSA) is 74.7 Å². The Bertz CT molecular complexity index is 965. The van der Waals surface area contributed by atoms with Crippen LogP contribution in [0.15, 0.2) is 60.9 Å². The lowest BCUT2D eigenvalue weighted by Gasteiger charge is -2.26. The zero-order valence-electron chi connectivity index (χ0n) is 15.5. The Labute approximate surface area is 163 Å². The van der Waals surface area contributed by atoms with Crippen LogP contribution in [0.4, 0.5) is 10.5 Å². The highest BCUT2D eigenvalue weighted by Gasteiger charge is 2.24. The van der Waals surface area contributed by atoms with Crippen molar-refractivity contribution >= 4 is 22.5 Å². The number of aromatic nitrogens is 1. The lowest BCUT2D eigenvalue weighted by molar-refractivity contribution is 0.0817. The Kier molecular flexibility index (Phi) is 5.39. The summed E-state index contributed by atoms with van der Waals surface area (Å²) in [5.41, 5.74) is 1.44. The minimum absolute atomic E-state index is 0.0216. The standard InChI is InChI=1S/C22H23N3O3/c26-21-9-2-1-5-17(21)14-25(15-18-7-4-12-28-18)22(27)24-20-8-3-6-16-13-23-11-10-19(16)20/h1-3,5-6,8-11,13,18,26H,4,7,12,14-15H2,(H,24,27)/t18-/m0/s1. The van der Waals surface area contributed by atoms with E-state index < -0.39 is 0 Å². The number of carbonyl (C=O) groups is 1. The van der Waals surface area contributed by atoms with Gasteiger partial charge >= 0.3 is 6.03 Å². The van der Waals surface area contributed by atoms with Gasteiger partial charge in [-0.15, -0.1) is 0 Å². The second-order valence-corrected chi connectivity index (χ2v) is 6.98. The molecule has 3 aromatic rings. The Morgan fingerprint density at radius 1 is 1.21 bits per heavy atom. The number of rotatable bonds is 5. The normalized spacial score (nSPS) is 16.2. The van der Waals surface area contributed by atoms with Crippen molar-refractivity contribution in [1.82, 2.24) is 9.88 Å². The van der Waals surface area contributed by atoms with Crippen LogP contribution in [-0.4, -0.2) is 40.3 Å². The summed E-state index contributed by atoms with van der Waals surface area (Å²) in [6.45, 7) is 1.52. The van der Waals surface area contributed by atoms with Gasteiger partial charge in [0.1, 0.15) is 5.75 Å². The number of phenols is 1. The molecule has 0 bridgehead atoms. The number of carbonyl (C=O) groups excluding carboxylic acids is 1. The van der Waals surface area contributed by atoms with E-state index in [2.05, 4.69) is 10.3 Å². The molecule has 28 heavy (non-hydrogen) atoms. The number of benzene rings is 2. The Hall–Kier alpha value is -3.12. The van der Waals surface area contributed by atoms with Crippen molar-refractivity contribution in [2.24, 2.45) is 0 Å². The zero-order valence-corrected chi connectivity index (χ0v) is 15.5. The third kappa shape index (κ3) is 4.07. The second kappa shape index (κ2) is 8.27. The van der Waals surface area contributed by atoms with E-state index in [-0.39, 0.29) is 17.9 Å². The fraction of sp³-hybridized carbons (Fsp3) is 0.273. The van der Waals surface area contributed by atoms with Gasteiger partial charge in [0.05, 0.1) is 18.3 Å². The summed E-state index contributed by atoms with van der Waals surface area (Å²) in [5, 5.41) is 15.1. The number of nitrogens with zero attached hydrogens (tertiary/aromatic N) is 2. The van der Waals surface area contributed by atoms with Crippen LogP contribution in [0.25, 0.3) is 10.8 Å². The average molecular weight is 377 g/mol. The van der Waals surface area contributed by atoms with Crippen LogP contribution in [0, 0.1) is 0 Å². The fourth-order valence-electron chi connectivity index (χ4n) is 3.53. The molecule has 1 aliphatic rings. The van der Waals surface area contributed by atoms with Gasteiger partial charge in [0, 0.05) is 41.9 Å². The van der Waals surface area contributed by atoms with E-state index in [0.29, 0.717) is 18.7 Å². The smallest absolute Gasteiger partial charge is 0.322 e. The van der Waals surface area contributed by atoms with Crippen molar-refractivity contribution in [3.05, 3.63) is 66.5 Å². The molecule has 0 spiro atoms. The van der Waals surface area contributed by atoms with Crippen molar-refractivity contribution in [3.8, 4) is 5.75 Å². The predicted octanol–water partition coefficient (Wildman–Crippen LogP) is 4.15. The van der Waals surface area contributed by atoms with Crippen LogP contribution in [0.3, 0.4) is 0 Å². The molecule has 0 unspecified atom stereocenters. The van der Waals surface area contributed by atoms with Gasteiger partial charge < -0.3 is 20.1 Å². The van der Waals surface area contributed by atoms with E-state index in [1.807, 2.05) is 36.4 Å². The third-order valence-electron chi connectivity index (χ3n) is 5.01. The molecular formula is C22H23N3O3. The quantitative estimate of drug-likeness (QED) is 0.700. The van der Waals surface area contributed by atoms with Gasteiger partial charge in [-0.25, -0.2) is 4.79 Å². The molecule has 2 aromatic carbocycles. The first-order valence-electron chi connectivity index (χ1n) is 9.48. The number of ether oxygens (including phenoxy) is 1. The highest BCUT2D eigenvalue weighted by molar-refractivity contribution is 6.01. The molecule has 6 heteroatoms. The maximum absolute atomic E-state index is 13.1. The maximum atomic E-state index is 13.1. The summed E-state index contributed by atoms with van der Waals surface area (Å²) in [4.78, 5) is 19.0. The monoisotopic (exact) mass is 377 g/mol. The highest BCUT2D eigenvalue weighted by atomic mass is 16.5. The molecule has 1 saturated heterocycles. The first-order valence-corrected chi connectivity index (χ1v) is 9.48. The molecule has 0 saturated carbocycles. The number of phenolic OH excluding ortho intramolecular Hbond substituents is 1. The van der Waals surface area contributed by atoms with E-state index in [4.69, 9.17) is 4.74 Å². The minimum Gasteiger partial charge on any atom is -0.508 e. The van der Waals surface area contributed by atoms with Crippen LogP contribution < -0.4 is 5.32 Å². The number of nitrogens with one attached hydrogen (secondary N) is 1. The summed E-state index contributed by atoms with van der Waals surface area (Å²) in [7, 11) is 0. The lowest BCUT2D eigenvalue weighted by Crippen LogP contribution is -2.39. The first-order chi connectivity index (χ1) is 13.7. The van der Waals surface area contributed by atoms with E-state index in [0.717, 1.165) is 35.9 Å². The fourth-order valence-corrected chi connectivity index (χ4v) is 3.53. The number of hydrogen-bond acceptors (Lipinski definition) is 4. The molecule has 0 aliphatic carbocycles. The third-order valence-corrected chi connectivity index (χ3v) is 5.01. The highest BCUT2D eigenvalue weighted by Crippen LogP contribution is 2.24. The molecular weight excluding hydrogens is 354 g/mol. The van der Waals surface area contributed by atoms with Gasteiger partial charge in [-0.2, -0.15) is 0 Å². The van der Waals surface area contributed by atoms with Crippen molar-refractivity contribution in [1.29, 1.82) is 0 Å².